The summed E-state index contributed by atoms with van der Waals surface area (Å²) in [7, 11) is 0. The van der Waals surface area contributed by atoms with Crippen molar-refractivity contribution in [1.82, 2.24) is 0 Å². The van der Waals surface area contributed by atoms with Gasteiger partial charge in [-0.1, -0.05) is 54.6 Å². The Bertz CT molecular complexity index is 553. The zero-order valence-corrected chi connectivity index (χ0v) is 11.9. The van der Waals surface area contributed by atoms with E-state index in [0.717, 1.165) is 5.56 Å². The van der Waals surface area contributed by atoms with Gasteiger partial charge in [0.25, 0.3) is 0 Å². The molecule has 0 aromatic heterocycles. The number of rotatable bonds is 7. The molecule has 110 valence electrons. The van der Waals surface area contributed by atoms with Crippen LogP contribution in [0, 0.1) is 0 Å². The number of carbonyl (C=O) groups excluding carboxylic acids is 1. The molecule has 0 heterocycles. The van der Waals surface area contributed by atoms with Crippen LogP contribution in [0.25, 0.3) is 6.08 Å². The lowest BCUT2D eigenvalue weighted by atomic mass is 10.2. The van der Waals surface area contributed by atoms with Gasteiger partial charge in [0.05, 0.1) is 6.61 Å². The second-order valence-corrected chi connectivity index (χ2v) is 4.28. The molecule has 0 aliphatic heterocycles. The maximum Gasteiger partial charge on any atom is 0.330 e. The molecule has 4 nitrogen and oxygen atoms in total. The first-order chi connectivity index (χ1) is 10.1. The molecule has 0 bridgehead atoms. The number of allylic oxidation sites excluding steroid dienone is 2. The number of ether oxygens (including phenoxy) is 1. The Morgan fingerprint density at radius 1 is 1.19 bits per heavy atom. The summed E-state index contributed by atoms with van der Waals surface area (Å²) in [6.45, 7) is 1.66. The topological polar surface area (TPSA) is 63.6 Å². The molecular formula is C17H18O4. The largest absolute Gasteiger partial charge is 0.478 e. The Balaban J connectivity index is 2.28. The number of carboxylic acid groups (broad SMARTS) is 1. The lowest BCUT2D eigenvalue weighted by Crippen LogP contribution is -2.02. The van der Waals surface area contributed by atoms with Crippen molar-refractivity contribution < 1.29 is 19.4 Å². The Morgan fingerprint density at radius 2 is 1.90 bits per heavy atom. The molecule has 1 aromatic carbocycles. The lowest BCUT2D eigenvalue weighted by Gasteiger charge is -1.98. The highest BCUT2D eigenvalue weighted by molar-refractivity contribution is 5.85. The maximum atomic E-state index is 11.4. The van der Waals surface area contributed by atoms with Crippen molar-refractivity contribution in [3.63, 3.8) is 0 Å². The third kappa shape index (κ3) is 7.52. The summed E-state index contributed by atoms with van der Waals surface area (Å²) in [5.41, 5.74) is 1.29. The van der Waals surface area contributed by atoms with Gasteiger partial charge in [0, 0.05) is 18.1 Å². The number of hydrogen-bond acceptors (Lipinski definition) is 3. The second kappa shape index (κ2) is 9.31. The number of hydrogen-bond donors (Lipinski definition) is 1. The smallest absolute Gasteiger partial charge is 0.330 e. The molecule has 0 unspecified atom stereocenters. The van der Waals surface area contributed by atoms with Crippen LogP contribution in [-0.4, -0.2) is 23.7 Å². The van der Waals surface area contributed by atoms with E-state index in [9.17, 15) is 9.59 Å². The van der Waals surface area contributed by atoms with Gasteiger partial charge in [-0.05, 0) is 12.5 Å². The highest BCUT2D eigenvalue weighted by Crippen LogP contribution is 2.01. The van der Waals surface area contributed by atoms with Crippen LogP contribution in [-0.2, 0) is 14.3 Å². The molecule has 0 spiro atoms. The summed E-state index contributed by atoms with van der Waals surface area (Å²) in [6, 6.07) is 9.72. The van der Waals surface area contributed by atoms with E-state index >= 15 is 0 Å². The van der Waals surface area contributed by atoms with Crippen LogP contribution in [0.4, 0.5) is 0 Å². The van der Waals surface area contributed by atoms with E-state index in [1.54, 1.807) is 12.2 Å². The van der Waals surface area contributed by atoms with Crippen LogP contribution in [0.2, 0.25) is 0 Å². The van der Waals surface area contributed by atoms with E-state index in [2.05, 4.69) is 0 Å². The summed E-state index contributed by atoms with van der Waals surface area (Å²) in [5, 5.41) is 8.63. The number of aliphatic carboxylic acids is 1. The molecule has 0 saturated carbocycles. The minimum absolute atomic E-state index is 0.163. The van der Waals surface area contributed by atoms with Gasteiger partial charge in [0.2, 0.25) is 0 Å². The molecule has 0 fully saturated rings. The SMILES string of the molecule is CC(=CCCOC(=O)C=CC=Cc1ccccc1)C(=O)O. The third-order valence-electron chi connectivity index (χ3n) is 2.58. The summed E-state index contributed by atoms with van der Waals surface area (Å²) in [6.07, 6.45) is 8.47. The summed E-state index contributed by atoms with van der Waals surface area (Å²) in [4.78, 5) is 21.9. The molecule has 0 amide bonds. The van der Waals surface area contributed by atoms with Crippen LogP contribution >= 0.6 is 0 Å². The molecular weight excluding hydrogens is 268 g/mol. The van der Waals surface area contributed by atoms with Gasteiger partial charge in [-0.25, -0.2) is 9.59 Å². The van der Waals surface area contributed by atoms with Crippen molar-refractivity contribution in [3.8, 4) is 0 Å². The van der Waals surface area contributed by atoms with Gasteiger partial charge < -0.3 is 9.84 Å². The van der Waals surface area contributed by atoms with E-state index in [4.69, 9.17) is 9.84 Å². The van der Waals surface area contributed by atoms with Crippen molar-refractivity contribution in [2.75, 3.05) is 6.61 Å². The minimum atomic E-state index is -0.965. The van der Waals surface area contributed by atoms with E-state index in [-0.39, 0.29) is 12.2 Å². The van der Waals surface area contributed by atoms with Crippen molar-refractivity contribution in [1.29, 1.82) is 0 Å². The average Bonchev–Trinajstić information content (AvgIpc) is 2.49. The summed E-state index contributed by atoms with van der Waals surface area (Å²) < 4.78 is 4.93. The van der Waals surface area contributed by atoms with Gasteiger partial charge in [-0.2, -0.15) is 0 Å². The van der Waals surface area contributed by atoms with Crippen LogP contribution in [0.15, 0.2) is 60.2 Å². The van der Waals surface area contributed by atoms with Crippen molar-refractivity contribution in [2.24, 2.45) is 0 Å². The van der Waals surface area contributed by atoms with Gasteiger partial charge >= 0.3 is 11.9 Å². The first-order valence-corrected chi connectivity index (χ1v) is 6.56. The Hall–Kier alpha value is -2.62. The fraction of sp³-hybridized carbons (Fsp3) is 0.176. The summed E-state index contributed by atoms with van der Waals surface area (Å²) in [5.74, 6) is -1.42. The third-order valence-corrected chi connectivity index (χ3v) is 2.58. The Labute approximate surface area is 124 Å². The molecule has 0 radical (unpaired) electrons. The molecule has 1 N–H and O–H groups in total. The average molecular weight is 286 g/mol. The molecule has 0 atom stereocenters. The second-order valence-electron chi connectivity index (χ2n) is 4.28. The Morgan fingerprint density at radius 3 is 2.57 bits per heavy atom. The van der Waals surface area contributed by atoms with E-state index in [0.29, 0.717) is 6.42 Å². The van der Waals surface area contributed by atoms with E-state index < -0.39 is 11.9 Å². The molecule has 0 saturated heterocycles. The normalized spacial score (nSPS) is 12.0. The molecule has 0 aliphatic rings. The van der Waals surface area contributed by atoms with Crippen molar-refractivity contribution in [2.45, 2.75) is 13.3 Å². The van der Waals surface area contributed by atoms with Gasteiger partial charge in [0.1, 0.15) is 0 Å². The van der Waals surface area contributed by atoms with Crippen molar-refractivity contribution >= 4 is 18.0 Å². The first-order valence-electron chi connectivity index (χ1n) is 6.56. The Kier molecular flexibility index (Phi) is 7.29. The maximum absolute atomic E-state index is 11.4. The van der Waals surface area contributed by atoms with Crippen LogP contribution < -0.4 is 0 Å². The predicted molar refractivity (Wildman–Crippen MR) is 81.6 cm³/mol. The van der Waals surface area contributed by atoms with Crippen molar-refractivity contribution in [3.05, 3.63) is 65.8 Å². The quantitative estimate of drug-likeness (QED) is 0.362. The molecule has 0 aliphatic carbocycles. The van der Waals surface area contributed by atoms with Gasteiger partial charge in [-0.3, -0.25) is 0 Å². The minimum Gasteiger partial charge on any atom is -0.478 e. The zero-order chi connectivity index (χ0) is 15.5. The predicted octanol–water partition coefficient (Wildman–Crippen LogP) is 3.22. The van der Waals surface area contributed by atoms with E-state index in [1.807, 2.05) is 36.4 Å². The number of carbonyl (C=O) groups is 2. The standard InChI is InChI=1S/C17H18O4/c1-14(17(19)20)8-7-13-21-16(18)12-6-5-11-15-9-3-2-4-10-15/h2-6,8-12H,7,13H2,1H3,(H,19,20). The van der Waals surface area contributed by atoms with Crippen LogP contribution in [0.5, 0.6) is 0 Å². The van der Waals surface area contributed by atoms with Crippen LogP contribution in [0.1, 0.15) is 18.9 Å². The molecule has 4 heteroatoms. The molecule has 1 rings (SSSR count). The number of carboxylic acids is 1. The number of benzene rings is 1. The lowest BCUT2D eigenvalue weighted by molar-refractivity contribution is -0.137. The molecule has 21 heavy (non-hydrogen) atoms. The zero-order valence-electron chi connectivity index (χ0n) is 11.9. The van der Waals surface area contributed by atoms with Crippen LogP contribution in [0.3, 0.4) is 0 Å². The number of esters is 1. The highest BCUT2D eigenvalue weighted by atomic mass is 16.5. The van der Waals surface area contributed by atoms with Gasteiger partial charge in [-0.15, -0.1) is 0 Å². The monoisotopic (exact) mass is 286 g/mol. The fourth-order valence-electron chi connectivity index (χ4n) is 1.44. The summed E-state index contributed by atoms with van der Waals surface area (Å²) >= 11 is 0. The highest BCUT2D eigenvalue weighted by Gasteiger charge is 1.99. The van der Waals surface area contributed by atoms with Gasteiger partial charge in [0.15, 0.2) is 0 Å². The fourth-order valence-corrected chi connectivity index (χ4v) is 1.44. The molecule has 1 aromatic rings. The first kappa shape index (κ1) is 16.4. The van der Waals surface area contributed by atoms with E-state index in [1.165, 1.54) is 19.1 Å².